The van der Waals surface area contributed by atoms with Gasteiger partial charge >= 0.3 is 6.29 Å². The van der Waals surface area contributed by atoms with Crippen LogP contribution in [0, 0.1) is 0 Å². The van der Waals surface area contributed by atoms with E-state index in [1.165, 1.54) is 6.07 Å². The van der Waals surface area contributed by atoms with E-state index >= 15 is 0 Å². The summed E-state index contributed by atoms with van der Waals surface area (Å²) in [6.45, 7) is 3.80. The molecule has 0 aromatic heterocycles. The first-order valence-corrected chi connectivity index (χ1v) is 6.75. The fraction of sp³-hybridized carbons (Fsp3) is 0.333. The highest BCUT2D eigenvalue weighted by atomic mass is 28.3. The number of alkyl halides is 2. The molecule has 6 heteroatoms. The summed E-state index contributed by atoms with van der Waals surface area (Å²) in [6, 6.07) is 4.59. The van der Waals surface area contributed by atoms with Gasteiger partial charge in [-0.15, -0.1) is 8.78 Å². The van der Waals surface area contributed by atoms with Crippen molar-refractivity contribution in [3.63, 3.8) is 0 Å². The lowest BCUT2D eigenvalue weighted by Crippen LogP contribution is -2.26. The van der Waals surface area contributed by atoms with Gasteiger partial charge in [0.25, 0.3) is 9.04 Å². The number of fused-ring (bicyclic) bond motifs is 1. The second-order valence-corrected chi connectivity index (χ2v) is 5.28. The Kier molecular flexibility index (Phi) is 2.30. The topological polar surface area (TPSA) is 27.7 Å². The van der Waals surface area contributed by atoms with Gasteiger partial charge in [0.1, 0.15) is 0 Å². The van der Waals surface area contributed by atoms with Crippen LogP contribution in [0.2, 0.25) is 13.1 Å². The van der Waals surface area contributed by atoms with Crippen LogP contribution < -0.4 is 13.9 Å². The van der Waals surface area contributed by atoms with E-state index in [1.807, 2.05) is 13.1 Å². The molecule has 0 bridgehead atoms. The Morgan fingerprint density at radius 2 is 2.00 bits per heavy atom. The Balaban J connectivity index is 2.33. The van der Waals surface area contributed by atoms with Gasteiger partial charge < -0.3 is 13.9 Å². The van der Waals surface area contributed by atoms with E-state index in [1.54, 1.807) is 12.1 Å². The van der Waals surface area contributed by atoms with Gasteiger partial charge in [-0.3, -0.25) is 0 Å². The Morgan fingerprint density at radius 1 is 1.27 bits per heavy atom. The molecule has 3 nitrogen and oxygen atoms in total. The van der Waals surface area contributed by atoms with Crippen LogP contribution in [0.25, 0.3) is 0 Å². The van der Waals surface area contributed by atoms with Gasteiger partial charge in [0.15, 0.2) is 11.5 Å². The molecular weight excluding hydrogens is 222 g/mol. The summed E-state index contributed by atoms with van der Waals surface area (Å²) in [4.78, 5) is 0. The highest BCUT2D eigenvalue weighted by Gasteiger charge is 2.45. The maximum atomic E-state index is 12.8. The molecule has 0 amide bonds. The minimum absolute atomic E-state index is 0.0146. The quantitative estimate of drug-likeness (QED) is 0.732. The fourth-order valence-corrected chi connectivity index (χ4v) is 1.85. The van der Waals surface area contributed by atoms with Crippen molar-refractivity contribution in [1.82, 2.24) is 0 Å². The molecule has 1 radical (unpaired) electrons. The molecule has 81 valence electrons. The summed E-state index contributed by atoms with van der Waals surface area (Å²) in [5.41, 5.74) is 0. The Labute approximate surface area is 87.3 Å². The molecule has 1 heterocycles. The van der Waals surface area contributed by atoms with Crippen LogP contribution in [0.3, 0.4) is 0 Å². The van der Waals surface area contributed by atoms with Crippen LogP contribution in [0.4, 0.5) is 8.78 Å². The third-order valence-corrected chi connectivity index (χ3v) is 2.33. The number of ether oxygens (including phenoxy) is 2. The van der Waals surface area contributed by atoms with Gasteiger partial charge in [-0.05, 0) is 25.2 Å². The number of rotatable bonds is 2. The zero-order chi connectivity index (χ0) is 11.1. The van der Waals surface area contributed by atoms with E-state index < -0.39 is 15.3 Å². The minimum Gasteiger partial charge on any atom is -0.540 e. The third-order valence-electron chi connectivity index (χ3n) is 1.71. The molecule has 1 aromatic carbocycles. The monoisotopic (exact) mass is 231 g/mol. The molecule has 0 unspecified atom stereocenters. The van der Waals surface area contributed by atoms with Gasteiger partial charge in [0.2, 0.25) is 5.75 Å². The zero-order valence-corrected chi connectivity index (χ0v) is 9.21. The van der Waals surface area contributed by atoms with Gasteiger partial charge in [-0.25, -0.2) is 0 Å². The lowest BCUT2D eigenvalue weighted by atomic mass is 10.3. The lowest BCUT2D eigenvalue weighted by molar-refractivity contribution is -0.287. The molecule has 0 fully saturated rings. The van der Waals surface area contributed by atoms with Gasteiger partial charge in [0.05, 0.1) is 0 Å². The average Bonchev–Trinajstić information content (AvgIpc) is 2.39. The van der Waals surface area contributed by atoms with E-state index in [0.29, 0.717) is 5.75 Å². The van der Waals surface area contributed by atoms with E-state index in [2.05, 4.69) is 9.47 Å². The SMILES string of the molecule is C[Si](C)Oc1cccc2c1OC(F)(F)O2. The van der Waals surface area contributed by atoms with Gasteiger partial charge in [-0.1, -0.05) is 6.07 Å². The highest BCUT2D eigenvalue weighted by Crippen LogP contribution is 2.46. The molecule has 1 aliphatic rings. The number of benzene rings is 1. The van der Waals surface area contributed by atoms with Crippen molar-refractivity contribution in [3.8, 4) is 17.2 Å². The molecule has 0 saturated carbocycles. The Bertz CT molecular complexity index is 382. The van der Waals surface area contributed by atoms with E-state index in [0.717, 1.165) is 0 Å². The summed E-state index contributed by atoms with van der Waals surface area (Å²) >= 11 is 0. The average molecular weight is 231 g/mol. The molecule has 0 atom stereocenters. The summed E-state index contributed by atoms with van der Waals surface area (Å²) in [6.07, 6.45) is -3.59. The van der Waals surface area contributed by atoms with Crippen LogP contribution in [0.15, 0.2) is 18.2 Å². The van der Waals surface area contributed by atoms with E-state index in [4.69, 9.17) is 4.43 Å². The molecular formula is C9H9F2O3Si. The standard InChI is InChI=1S/C9H9F2O3Si/c1-15(2)14-7-5-3-4-6-8(7)13-9(10,11)12-6/h3-5H,1-2H3. The van der Waals surface area contributed by atoms with Crippen LogP contribution in [0.5, 0.6) is 17.2 Å². The predicted molar refractivity (Wildman–Crippen MR) is 50.8 cm³/mol. The Hall–Kier alpha value is -1.30. The van der Waals surface area contributed by atoms with Crippen LogP contribution in [0.1, 0.15) is 0 Å². The van der Waals surface area contributed by atoms with Crippen molar-refractivity contribution in [1.29, 1.82) is 0 Å². The molecule has 0 spiro atoms. The van der Waals surface area contributed by atoms with Crippen molar-refractivity contribution >= 4 is 9.04 Å². The second kappa shape index (κ2) is 3.37. The summed E-state index contributed by atoms with van der Waals surface area (Å²) < 4.78 is 39.6. The molecule has 0 aliphatic carbocycles. The molecule has 1 aromatic rings. The minimum atomic E-state index is -3.59. The first-order valence-electron chi connectivity index (χ1n) is 4.35. The molecule has 0 saturated heterocycles. The summed E-state index contributed by atoms with van der Waals surface area (Å²) in [7, 11) is -1.02. The number of para-hydroxylation sites is 1. The largest absolute Gasteiger partial charge is 0.586 e. The molecule has 2 rings (SSSR count). The number of hydrogen-bond acceptors (Lipinski definition) is 3. The molecule has 0 N–H and O–H groups in total. The zero-order valence-electron chi connectivity index (χ0n) is 8.21. The lowest BCUT2D eigenvalue weighted by Gasteiger charge is -2.10. The Morgan fingerprint density at radius 3 is 2.67 bits per heavy atom. The predicted octanol–water partition coefficient (Wildman–Crippen LogP) is 2.64. The van der Waals surface area contributed by atoms with Crippen molar-refractivity contribution in [2.75, 3.05) is 0 Å². The van der Waals surface area contributed by atoms with Gasteiger partial charge in [-0.2, -0.15) is 0 Å². The smallest absolute Gasteiger partial charge is 0.540 e. The normalized spacial score (nSPS) is 16.9. The number of hydrogen-bond donors (Lipinski definition) is 0. The van der Waals surface area contributed by atoms with Crippen molar-refractivity contribution in [2.45, 2.75) is 19.4 Å². The van der Waals surface area contributed by atoms with E-state index in [9.17, 15) is 8.78 Å². The van der Waals surface area contributed by atoms with Crippen LogP contribution in [-0.4, -0.2) is 15.3 Å². The van der Waals surface area contributed by atoms with Crippen molar-refractivity contribution in [2.24, 2.45) is 0 Å². The van der Waals surface area contributed by atoms with Crippen LogP contribution in [-0.2, 0) is 0 Å². The first-order chi connectivity index (χ1) is 6.98. The summed E-state index contributed by atoms with van der Waals surface area (Å²) in [5, 5.41) is 0. The maximum Gasteiger partial charge on any atom is 0.586 e. The second-order valence-electron chi connectivity index (χ2n) is 3.26. The third kappa shape index (κ3) is 2.04. The number of halogens is 2. The highest BCUT2D eigenvalue weighted by molar-refractivity contribution is 6.49. The molecule has 15 heavy (non-hydrogen) atoms. The van der Waals surface area contributed by atoms with E-state index in [-0.39, 0.29) is 11.5 Å². The van der Waals surface area contributed by atoms with Crippen molar-refractivity contribution in [3.05, 3.63) is 18.2 Å². The fourth-order valence-electron chi connectivity index (χ4n) is 1.24. The first kappa shape index (κ1) is 10.2. The van der Waals surface area contributed by atoms with Crippen LogP contribution >= 0.6 is 0 Å². The van der Waals surface area contributed by atoms with Crippen molar-refractivity contribution < 1.29 is 22.7 Å². The summed E-state index contributed by atoms with van der Waals surface area (Å²) in [5.74, 6) is 0.304. The van der Waals surface area contributed by atoms with Gasteiger partial charge in [0, 0.05) is 0 Å². The molecule has 1 aliphatic heterocycles. The maximum absolute atomic E-state index is 12.8.